The van der Waals surface area contributed by atoms with Gasteiger partial charge in [0.05, 0.1) is 28.3 Å². The lowest BCUT2D eigenvalue weighted by molar-refractivity contribution is 0.293. The summed E-state index contributed by atoms with van der Waals surface area (Å²) >= 11 is 0. The molecule has 512 valence electrons. The lowest BCUT2D eigenvalue weighted by atomic mass is 9.91. The molecule has 104 heavy (non-hydrogen) atoms. The van der Waals surface area contributed by atoms with Crippen LogP contribution in [0.5, 0.6) is 34.5 Å². The Kier molecular flexibility index (Phi) is 21.0. The van der Waals surface area contributed by atoms with E-state index in [1.807, 2.05) is 36.4 Å². The number of hydrogen-bond donors (Lipinski definition) is 0. The molecule has 0 atom stereocenters. The lowest BCUT2D eigenvalue weighted by Gasteiger charge is -2.30. The number of rotatable bonds is 22. The van der Waals surface area contributed by atoms with Gasteiger partial charge in [-0.15, -0.1) is 0 Å². The Morgan fingerprint density at radius 2 is 0.452 bits per heavy atom. The van der Waals surface area contributed by atoms with E-state index in [1.54, 1.807) is 14.2 Å². The molecule has 8 bridgehead atoms. The van der Waals surface area contributed by atoms with E-state index in [9.17, 15) is 0 Å². The monoisotopic (exact) mass is 1390 g/mol. The molecule has 0 radical (unpaired) electrons. The number of para-hydroxylation sites is 4. The second-order valence-corrected chi connectivity index (χ2v) is 32.0. The maximum atomic E-state index is 7.55. The summed E-state index contributed by atoms with van der Waals surface area (Å²) in [6, 6.07) is 124. The Morgan fingerprint density at radius 1 is 0.231 bits per heavy atom. The fourth-order valence-corrected chi connectivity index (χ4v) is 21.5. The van der Waals surface area contributed by atoms with Gasteiger partial charge in [-0.2, -0.15) is 0 Å². The van der Waals surface area contributed by atoms with Crippen LogP contribution in [0.25, 0.3) is 0 Å². The van der Waals surface area contributed by atoms with E-state index in [-0.39, 0.29) is 0 Å². The van der Waals surface area contributed by atoms with Crippen LogP contribution in [0.1, 0.15) is 66.8 Å². The molecule has 0 aliphatic heterocycles. The van der Waals surface area contributed by atoms with Gasteiger partial charge in [-0.25, -0.2) is 9.49 Å². The number of hydrogen-bond acceptors (Lipinski definition) is 8. The highest BCUT2D eigenvalue weighted by atomic mass is 31.2. The second-order valence-electron chi connectivity index (χ2n) is 26.0. The Labute approximate surface area is 610 Å². The highest BCUT2D eigenvalue weighted by Crippen LogP contribution is 2.55. The van der Waals surface area contributed by atoms with Crippen LogP contribution in [0.15, 0.2) is 361 Å². The van der Waals surface area contributed by atoms with E-state index in [2.05, 4.69) is 315 Å². The van der Waals surface area contributed by atoms with Crippen molar-refractivity contribution >= 4 is 57.3 Å². The maximum Gasteiger partial charge on any atom is 0.144 e. The van der Waals surface area contributed by atoms with E-state index < -0.39 is 14.1 Å². The average Bonchev–Trinajstić information content (AvgIpc) is 0.740. The lowest BCUT2D eigenvalue weighted by Crippen LogP contribution is -2.27. The molecule has 14 aromatic rings. The molecule has 0 unspecified atom stereocenters. The van der Waals surface area contributed by atoms with Gasteiger partial charge in [-0.1, -0.05) is 303 Å². The average molecular weight is 1400 g/mol. The van der Waals surface area contributed by atoms with Crippen molar-refractivity contribution in [2.75, 3.05) is 14.2 Å². The molecule has 15 rings (SSSR count). The van der Waals surface area contributed by atoms with E-state index in [0.29, 0.717) is 63.6 Å². The standard InChI is InChI=1S/C94H80N2O6P2/c1-97-89-55-29-27-53-87(89)95-103(81-45-19-7-20-46-81,82-47-21-8-22-48-82)85-61-77-57-73-41-31-43-75(91(73)99-65-69-33-11-3-12-34-69)59-79-63-86(104(83-49-23-9-24-50-83,84-51-25-10-26-52-84)96-88-54-28-30-56-90(88)98-2)64-80(94(79)102-68-72-39-17-6-18-40-72)60-76-44-32-42-74(92(76)100-66-70-35-13-4-14-36-70)58-78(62-85)93(77)101-67-71-37-15-5-16-38-71/h3-56,61-64H,57-60,65-68H2,1-2H3. The maximum absolute atomic E-state index is 7.55. The van der Waals surface area contributed by atoms with Gasteiger partial charge < -0.3 is 28.4 Å². The Hall–Kier alpha value is -11.7. The molecule has 0 aromatic heterocycles. The van der Waals surface area contributed by atoms with E-state index in [0.717, 1.165) is 133 Å². The summed E-state index contributed by atoms with van der Waals surface area (Å²) in [5.41, 5.74) is 13.6. The molecule has 1 aliphatic carbocycles. The van der Waals surface area contributed by atoms with Gasteiger partial charge in [-0.3, -0.25) is 0 Å². The smallest absolute Gasteiger partial charge is 0.144 e. The first-order valence-electron chi connectivity index (χ1n) is 35.4. The van der Waals surface area contributed by atoms with Crippen molar-refractivity contribution < 1.29 is 28.4 Å². The zero-order valence-electron chi connectivity index (χ0n) is 58.4. The summed E-state index contributed by atoms with van der Waals surface area (Å²) in [7, 11) is -2.73. The molecule has 8 nitrogen and oxygen atoms in total. The largest absolute Gasteiger partial charge is 0.494 e. The first-order valence-corrected chi connectivity index (χ1v) is 38.8. The number of fused-ring (bicyclic) bond motifs is 8. The molecule has 10 heteroatoms. The zero-order chi connectivity index (χ0) is 70.3. The van der Waals surface area contributed by atoms with Gasteiger partial charge in [0.1, 0.15) is 72.3 Å². The van der Waals surface area contributed by atoms with Gasteiger partial charge >= 0.3 is 0 Å². The summed E-state index contributed by atoms with van der Waals surface area (Å²) in [6.45, 7) is 1.28. The van der Waals surface area contributed by atoms with Gasteiger partial charge in [0.25, 0.3) is 0 Å². The molecule has 0 fully saturated rings. The number of ether oxygens (including phenoxy) is 6. The van der Waals surface area contributed by atoms with Crippen molar-refractivity contribution in [1.29, 1.82) is 0 Å². The third-order valence-corrected chi connectivity index (χ3v) is 26.4. The predicted octanol–water partition coefficient (Wildman–Crippen LogP) is 20.3. The normalized spacial score (nSPS) is 11.9. The van der Waals surface area contributed by atoms with Crippen LogP contribution in [0.2, 0.25) is 0 Å². The van der Waals surface area contributed by atoms with Crippen LogP contribution < -0.4 is 60.2 Å². The molecular formula is C94H80N2O6P2. The van der Waals surface area contributed by atoms with Crippen molar-refractivity contribution in [1.82, 2.24) is 0 Å². The van der Waals surface area contributed by atoms with Gasteiger partial charge in [0, 0.05) is 57.5 Å². The van der Waals surface area contributed by atoms with E-state index in [1.165, 1.54) is 0 Å². The zero-order valence-corrected chi connectivity index (χ0v) is 60.2. The Balaban J connectivity index is 1.06. The minimum atomic E-state index is -3.09. The molecule has 0 saturated heterocycles. The fourth-order valence-electron chi connectivity index (χ4n) is 14.2. The third-order valence-electron chi connectivity index (χ3n) is 19.2. The summed E-state index contributed by atoms with van der Waals surface area (Å²) in [5, 5.41) is 6.45. The van der Waals surface area contributed by atoms with Crippen LogP contribution >= 0.6 is 14.1 Å². The Morgan fingerprint density at radius 3 is 0.702 bits per heavy atom. The third kappa shape index (κ3) is 14.9. The molecule has 0 amide bonds. The summed E-state index contributed by atoms with van der Waals surface area (Å²) in [6.07, 6.45) is 1.65. The predicted molar refractivity (Wildman–Crippen MR) is 428 cm³/mol. The van der Waals surface area contributed by atoms with Crippen molar-refractivity contribution in [3.63, 3.8) is 0 Å². The number of nitrogens with zero attached hydrogens (tertiary/aromatic N) is 2. The number of benzene rings is 14. The van der Waals surface area contributed by atoms with Crippen LogP contribution in [-0.2, 0) is 52.1 Å². The van der Waals surface area contributed by atoms with Crippen molar-refractivity contribution in [3.8, 4) is 34.5 Å². The Bertz CT molecular complexity index is 4840. The topological polar surface area (TPSA) is 80.1 Å². The van der Waals surface area contributed by atoms with Crippen LogP contribution in [0.4, 0.5) is 11.4 Å². The highest BCUT2D eigenvalue weighted by Gasteiger charge is 2.34. The highest BCUT2D eigenvalue weighted by molar-refractivity contribution is 7.88. The molecule has 14 aromatic carbocycles. The molecule has 0 saturated carbocycles. The molecular weight excluding hydrogens is 1310 g/mol. The SMILES string of the molecule is COc1ccccc1N=P(c1ccccc1)(c1ccccc1)c1cc2c(OCc3ccccc3)c(c1)Cc1cccc(c1OCc1ccccc1)Cc1cc(P(=Nc3ccccc3OC)(c3ccccc3)c3ccccc3)cc(c1OCc1ccccc1)Cc1cccc(c1OCc1ccccc1)C2. The van der Waals surface area contributed by atoms with Gasteiger partial charge in [-0.05, 0) is 115 Å². The summed E-state index contributed by atoms with van der Waals surface area (Å²) in [5.74, 6) is 4.51. The molecule has 0 N–H and O–H groups in total. The first kappa shape index (κ1) is 68.1. The molecule has 0 heterocycles. The van der Waals surface area contributed by atoms with Crippen molar-refractivity contribution in [2.24, 2.45) is 9.49 Å². The van der Waals surface area contributed by atoms with Crippen LogP contribution in [0.3, 0.4) is 0 Å². The minimum Gasteiger partial charge on any atom is -0.494 e. The quantitative estimate of drug-likeness (QED) is 0.0629. The van der Waals surface area contributed by atoms with Gasteiger partial charge in [0.15, 0.2) is 0 Å². The van der Waals surface area contributed by atoms with E-state index in [4.69, 9.17) is 37.9 Å². The van der Waals surface area contributed by atoms with Crippen molar-refractivity contribution in [2.45, 2.75) is 52.1 Å². The molecule has 0 spiro atoms. The second kappa shape index (κ2) is 32.1. The van der Waals surface area contributed by atoms with Gasteiger partial charge in [0.2, 0.25) is 0 Å². The van der Waals surface area contributed by atoms with Crippen LogP contribution in [0, 0.1) is 0 Å². The van der Waals surface area contributed by atoms with E-state index >= 15 is 0 Å². The fraction of sp³-hybridized carbons (Fsp3) is 0.106. The summed E-state index contributed by atoms with van der Waals surface area (Å²) in [4.78, 5) is 0. The molecule has 1 aliphatic rings. The van der Waals surface area contributed by atoms with Crippen molar-refractivity contribution in [3.05, 3.63) is 419 Å². The first-order chi connectivity index (χ1) is 51.4. The number of methoxy groups -OCH3 is 2. The van der Waals surface area contributed by atoms with Crippen LogP contribution in [-0.4, -0.2) is 14.2 Å². The minimum absolute atomic E-state index is 0.319. The summed E-state index contributed by atoms with van der Waals surface area (Å²) < 4.78 is 54.9.